The van der Waals surface area contributed by atoms with Gasteiger partial charge in [0.1, 0.15) is 5.75 Å². The van der Waals surface area contributed by atoms with E-state index in [2.05, 4.69) is 32.5 Å². The molecule has 0 spiro atoms. The summed E-state index contributed by atoms with van der Waals surface area (Å²) in [7, 11) is 6.99. The van der Waals surface area contributed by atoms with Gasteiger partial charge in [-0.3, -0.25) is 24.1 Å². The fourth-order valence-electron chi connectivity index (χ4n) is 4.87. The molecule has 1 unspecified atom stereocenters. The van der Waals surface area contributed by atoms with Crippen molar-refractivity contribution in [3.63, 3.8) is 0 Å². The van der Waals surface area contributed by atoms with Gasteiger partial charge in [-0.1, -0.05) is 13.0 Å². The van der Waals surface area contributed by atoms with E-state index in [1.165, 1.54) is 0 Å². The quantitative estimate of drug-likeness (QED) is 0.334. The Morgan fingerprint density at radius 2 is 1.80 bits per heavy atom. The lowest BCUT2D eigenvalue weighted by molar-refractivity contribution is -0.143. The highest BCUT2D eigenvalue weighted by atomic mass is 16.5. The van der Waals surface area contributed by atoms with Crippen LogP contribution in [0, 0.1) is 5.92 Å². The number of nitrogens with zero attached hydrogens (tertiary/aromatic N) is 3. The molecule has 3 N–H and O–H groups in total. The molecule has 3 rings (SSSR count). The van der Waals surface area contributed by atoms with Crippen LogP contribution in [0.5, 0.6) is 5.75 Å². The number of hydrogen-bond donors (Lipinski definition) is 3. The van der Waals surface area contributed by atoms with Crippen LogP contribution in [0.15, 0.2) is 24.3 Å². The summed E-state index contributed by atoms with van der Waals surface area (Å²) < 4.78 is 5.15. The zero-order chi connectivity index (χ0) is 29.8. The Balaban J connectivity index is 0.000000355. The number of hydrogen-bond acceptors (Lipinski definition) is 8. The standard InChI is InChI=1S/C19H37N5O3.C10H9NO2/c1-14(2)24(18(26)12-20-4)16(11-15(3)19(27)21-5)17(25)13-23-9-7-22(6)8-10-23;1-13-10-4-2-3-9-8(10)5-7(6-12)11-9/h14-16,20H,7-13H2,1-6H3,(H,21,27);2-6,11H,1H3/t15-,16?;/m0./s1. The molecular weight excluding hydrogens is 512 g/mol. The van der Waals surface area contributed by atoms with Gasteiger partial charge in [0.15, 0.2) is 12.1 Å². The smallest absolute Gasteiger partial charge is 0.237 e. The number of fused-ring (bicyclic) bond motifs is 1. The van der Waals surface area contributed by atoms with Gasteiger partial charge >= 0.3 is 0 Å². The van der Waals surface area contributed by atoms with Gasteiger partial charge in [-0.05, 0) is 52.6 Å². The molecule has 1 fully saturated rings. The van der Waals surface area contributed by atoms with E-state index >= 15 is 0 Å². The molecule has 1 aliphatic rings. The van der Waals surface area contributed by atoms with Crippen LogP contribution in [0.25, 0.3) is 10.9 Å². The van der Waals surface area contributed by atoms with Gasteiger partial charge < -0.3 is 30.2 Å². The number of ether oxygens (including phenoxy) is 1. The summed E-state index contributed by atoms with van der Waals surface area (Å²) in [5.41, 5.74) is 1.49. The minimum absolute atomic E-state index is 0.00783. The summed E-state index contributed by atoms with van der Waals surface area (Å²) in [6, 6.07) is 6.71. The lowest BCUT2D eigenvalue weighted by Gasteiger charge is -2.38. The van der Waals surface area contributed by atoms with Gasteiger partial charge in [0.25, 0.3) is 0 Å². The van der Waals surface area contributed by atoms with Crippen LogP contribution < -0.4 is 15.4 Å². The Morgan fingerprint density at radius 3 is 2.35 bits per heavy atom. The minimum Gasteiger partial charge on any atom is -0.496 e. The fourth-order valence-corrected chi connectivity index (χ4v) is 4.87. The number of methoxy groups -OCH3 is 1. The molecule has 40 heavy (non-hydrogen) atoms. The third-order valence-corrected chi connectivity index (χ3v) is 7.12. The second-order valence-corrected chi connectivity index (χ2v) is 10.5. The maximum absolute atomic E-state index is 13.2. The number of aldehydes is 1. The maximum Gasteiger partial charge on any atom is 0.237 e. The minimum atomic E-state index is -0.599. The summed E-state index contributed by atoms with van der Waals surface area (Å²) in [5, 5.41) is 6.45. The number of amides is 2. The van der Waals surface area contributed by atoms with Gasteiger partial charge in [0.05, 0.1) is 31.9 Å². The molecular formula is C29H46N6O5. The number of benzene rings is 1. The first-order chi connectivity index (χ1) is 19.1. The van der Waals surface area contributed by atoms with E-state index in [1.54, 1.807) is 39.1 Å². The van der Waals surface area contributed by atoms with Crippen molar-refractivity contribution in [3.05, 3.63) is 30.0 Å². The van der Waals surface area contributed by atoms with Crippen molar-refractivity contribution in [2.75, 3.05) is 67.5 Å². The maximum atomic E-state index is 13.2. The van der Waals surface area contributed by atoms with Crippen molar-refractivity contribution in [1.29, 1.82) is 0 Å². The summed E-state index contributed by atoms with van der Waals surface area (Å²) in [6.07, 6.45) is 1.12. The molecule has 0 aliphatic carbocycles. The summed E-state index contributed by atoms with van der Waals surface area (Å²) >= 11 is 0. The highest BCUT2D eigenvalue weighted by Crippen LogP contribution is 2.25. The van der Waals surface area contributed by atoms with E-state index in [1.807, 2.05) is 32.0 Å². The van der Waals surface area contributed by atoms with Crippen molar-refractivity contribution in [2.24, 2.45) is 5.92 Å². The van der Waals surface area contributed by atoms with Crippen LogP contribution in [-0.4, -0.2) is 123 Å². The first-order valence-electron chi connectivity index (χ1n) is 13.8. The molecule has 1 aliphatic heterocycles. The molecule has 1 aromatic carbocycles. The number of nitrogens with one attached hydrogen (secondary N) is 3. The highest BCUT2D eigenvalue weighted by Gasteiger charge is 2.34. The van der Waals surface area contributed by atoms with Crippen LogP contribution in [-0.2, 0) is 14.4 Å². The number of carbonyl (C=O) groups is 4. The van der Waals surface area contributed by atoms with E-state index in [0.29, 0.717) is 18.7 Å². The van der Waals surface area contributed by atoms with Gasteiger partial charge in [-0.25, -0.2) is 0 Å². The number of piperazine rings is 1. The Morgan fingerprint density at radius 1 is 1.12 bits per heavy atom. The van der Waals surface area contributed by atoms with Crippen molar-refractivity contribution < 1.29 is 23.9 Å². The molecule has 2 aromatic rings. The predicted octanol–water partition coefficient (Wildman–Crippen LogP) is 1.39. The molecule has 0 radical (unpaired) electrons. The predicted molar refractivity (Wildman–Crippen MR) is 157 cm³/mol. The number of aromatic nitrogens is 1. The third kappa shape index (κ3) is 9.14. The van der Waals surface area contributed by atoms with Crippen LogP contribution >= 0.6 is 0 Å². The second kappa shape index (κ2) is 16.1. The number of ketones is 1. The number of likely N-dealkylation sites (N-methyl/N-ethyl adjacent to an activating group) is 2. The van der Waals surface area contributed by atoms with Crippen molar-refractivity contribution in [1.82, 2.24) is 30.3 Å². The number of carbonyl (C=O) groups excluding carboxylic acids is 4. The molecule has 222 valence electrons. The van der Waals surface area contributed by atoms with Crippen LogP contribution in [0.1, 0.15) is 37.7 Å². The first kappa shape index (κ1) is 32.9. The molecule has 11 heteroatoms. The van der Waals surface area contributed by atoms with Gasteiger partial charge in [0, 0.05) is 56.1 Å². The number of rotatable bonds is 12. The molecule has 1 saturated heterocycles. The SMILES string of the molecule is CNCC(=O)N(C(C)C)C(C[C@H](C)C(=O)NC)C(=O)CN1CCN(C)CC1.COc1cccc2[nH]c(C=O)cc12. The third-order valence-electron chi connectivity index (χ3n) is 7.12. The second-order valence-electron chi connectivity index (χ2n) is 10.5. The summed E-state index contributed by atoms with van der Waals surface area (Å²) in [5.74, 6) is 0.209. The van der Waals surface area contributed by atoms with Crippen LogP contribution in [0.3, 0.4) is 0 Å². The molecule has 2 heterocycles. The Hall–Kier alpha value is -3.28. The molecule has 2 amide bonds. The number of H-pyrrole nitrogens is 1. The van der Waals surface area contributed by atoms with E-state index in [4.69, 9.17) is 4.74 Å². The largest absolute Gasteiger partial charge is 0.496 e. The number of aromatic amines is 1. The van der Waals surface area contributed by atoms with E-state index in [9.17, 15) is 19.2 Å². The lowest BCUT2D eigenvalue weighted by Crippen LogP contribution is -2.55. The van der Waals surface area contributed by atoms with Crippen molar-refractivity contribution >= 4 is 34.8 Å². The van der Waals surface area contributed by atoms with E-state index in [0.717, 1.165) is 49.1 Å². The molecule has 0 saturated carbocycles. The number of Topliss-reactive ketones (excluding diaryl/α,β-unsaturated/α-hetero) is 1. The summed E-state index contributed by atoms with van der Waals surface area (Å²) in [4.78, 5) is 57.4. The van der Waals surface area contributed by atoms with Crippen LogP contribution in [0.2, 0.25) is 0 Å². The monoisotopic (exact) mass is 558 g/mol. The molecule has 11 nitrogen and oxygen atoms in total. The van der Waals surface area contributed by atoms with E-state index < -0.39 is 6.04 Å². The van der Waals surface area contributed by atoms with Crippen molar-refractivity contribution in [3.8, 4) is 5.75 Å². The van der Waals surface area contributed by atoms with Gasteiger partial charge in [-0.2, -0.15) is 0 Å². The Bertz CT molecular complexity index is 1130. The Kier molecular flexibility index (Phi) is 13.3. The molecule has 1 aromatic heterocycles. The Labute approximate surface area is 237 Å². The van der Waals surface area contributed by atoms with E-state index in [-0.39, 0.29) is 36.1 Å². The van der Waals surface area contributed by atoms with Gasteiger partial charge in [-0.15, -0.1) is 0 Å². The first-order valence-corrected chi connectivity index (χ1v) is 13.8. The zero-order valence-corrected chi connectivity index (χ0v) is 25.0. The van der Waals surface area contributed by atoms with Crippen LogP contribution in [0.4, 0.5) is 0 Å². The lowest BCUT2D eigenvalue weighted by atomic mass is 9.95. The normalized spacial score (nSPS) is 15.6. The summed E-state index contributed by atoms with van der Waals surface area (Å²) in [6.45, 7) is 9.65. The highest BCUT2D eigenvalue weighted by molar-refractivity contribution is 5.92. The fraction of sp³-hybridized carbons (Fsp3) is 0.586. The molecule has 2 atom stereocenters. The topological polar surface area (TPSA) is 127 Å². The molecule has 0 bridgehead atoms. The average molecular weight is 559 g/mol. The van der Waals surface area contributed by atoms with Gasteiger partial charge in [0.2, 0.25) is 11.8 Å². The zero-order valence-electron chi connectivity index (χ0n) is 25.0. The average Bonchev–Trinajstić information content (AvgIpc) is 3.37. The van der Waals surface area contributed by atoms with Crippen molar-refractivity contribution in [2.45, 2.75) is 39.3 Å².